The lowest BCUT2D eigenvalue weighted by Gasteiger charge is -2.07. The largest absolute Gasteiger partial charge is 0.354 e. The van der Waals surface area contributed by atoms with Crippen molar-refractivity contribution < 1.29 is 4.79 Å². The summed E-state index contributed by atoms with van der Waals surface area (Å²) in [7, 11) is 1.59. The maximum atomic E-state index is 10.2. The number of nitrogens with zero attached hydrogens (tertiary/aromatic N) is 1. The smallest absolute Gasteiger partial charge is 0.312 e. The van der Waals surface area contributed by atoms with E-state index in [1.54, 1.807) is 7.05 Å². The number of urea groups is 1. The van der Waals surface area contributed by atoms with Gasteiger partial charge >= 0.3 is 6.03 Å². The highest BCUT2D eigenvalue weighted by Gasteiger charge is 1.93. The molecule has 0 aromatic heterocycles. The number of nitrogens with two attached hydrogens (primary N) is 2. The topological polar surface area (TPSA) is 118 Å². The molecule has 0 saturated heterocycles. The summed E-state index contributed by atoms with van der Waals surface area (Å²) in [4.78, 5) is 13.9. The Kier molecular flexibility index (Phi) is 5.45. The minimum atomic E-state index is -0.549. The van der Waals surface area contributed by atoms with E-state index >= 15 is 0 Å². The van der Waals surface area contributed by atoms with Crippen LogP contribution in [0.3, 0.4) is 0 Å². The van der Waals surface area contributed by atoms with Gasteiger partial charge in [0, 0.05) is 20.1 Å². The number of carbonyl (C=O) groups is 1. The fraction of sp³-hybridized carbons (Fsp3) is 0.600. The number of guanidine groups is 1. The summed E-state index contributed by atoms with van der Waals surface area (Å²) >= 11 is 0. The maximum Gasteiger partial charge on any atom is 0.312 e. The summed E-state index contributed by atoms with van der Waals surface area (Å²) in [5.41, 5.74) is 7.16. The van der Waals surface area contributed by atoms with Crippen molar-refractivity contribution in [3.63, 3.8) is 0 Å². The second-order valence-electron chi connectivity index (χ2n) is 1.93. The van der Waals surface area contributed by atoms with Crippen molar-refractivity contribution in [3.8, 4) is 0 Å². The molecule has 70 valence electrons. The molecule has 0 aromatic carbocycles. The van der Waals surface area contributed by atoms with Crippen molar-refractivity contribution in [3.05, 3.63) is 0 Å². The molecule has 0 aliphatic carbocycles. The summed E-state index contributed by atoms with van der Waals surface area (Å²) in [6, 6.07) is -0.549. The monoisotopic (exact) mass is 174 g/mol. The molecule has 0 radical (unpaired) electrons. The van der Waals surface area contributed by atoms with Crippen molar-refractivity contribution >= 4 is 12.0 Å². The fourth-order valence-corrected chi connectivity index (χ4v) is 0.561. The Hall–Kier alpha value is -1.50. The molecule has 2 amide bonds. The molecule has 0 atom stereocenters. The van der Waals surface area contributed by atoms with Crippen LogP contribution in [0.25, 0.3) is 0 Å². The molecule has 0 aliphatic rings. The summed E-state index contributed by atoms with van der Waals surface area (Å²) < 4.78 is 0. The van der Waals surface area contributed by atoms with Gasteiger partial charge < -0.3 is 16.4 Å². The van der Waals surface area contributed by atoms with E-state index in [1.165, 1.54) is 0 Å². The predicted octanol–water partition coefficient (Wildman–Crippen LogP) is -2.31. The van der Waals surface area contributed by atoms with Crippen molar-refractivity contribution in [2.45, 2.75) is 0 Å². The van der Waals surface area contributed by atoms with E-state index in [2.05, 4.69) is 21.1 Å². The van der Waals surface area contributed by atoms with E-state index in [1.807, 2.05) is 0 Å². The first-order valence-electron chi connectivity index (χ1n) is 3.41. The van der Waals surface area contributed by atoms with Gasteiger partial charge in [-0.3, -0.25) is 10.4 Å². The van der Waals surface area contributed by atoms with Gasteiger partial charge in [0.25, 0.3) is 0 Å². The normalized spacial score (nSPS) is 10.7. The molecule has 0 aliphatic heterocycles. The molecule has 7 N–H and O–H groups in total. The predicted molar refractivity (Wildman–Crippen MR) is 46.3 cm³/mol. The average Bonchev–Trinajstić information content (AvgIpc) is 2.04. The van der Waals surface area contributed by atoms with E-state index in [4.69, 9.17) is 11.6 Å². The van der Waals surface area contributed by atoms with E-state index in [0.29, 0.717) is 19.0 Å². The molecule has 0 unspecified atom stereocenters. The Morgan fingerprint density at radius 3 is 2.42 bits per heavy atom. The van der Waals surface area contributed by atoms with Crippen LogP contribution in [-0.2, 0) is 0 Å². The Morgan fingerprint density at radius 1 is 1.42 bits per heavy atom. The van der Waals surface area contributed by atoms with Crippen molar-refractivity contribution in [2.24, 2.45) is 16.6 Å². The SMILES string of the molecule is CN=C(NN)NCCNC(N)=O. The van der Waals surface area contributed by atoms with Crippen LogP contribution in [0.1, 0.15) is 0 Å². The van der Waals surface area contributed by atoms with Crippen molar-refractivity contribution in [1.82, 2.24) is 16.1 Å². The fourth-order valence-electron chi connectivity index (χ4n) is 0.561. The lowest BCUT2D eigenvalue weighted by atomic mass is 10.6. The van der Waals surface area contributed by atoms with Crippen molar-refractivity contribution in [2.75, 3.05) is 20.1 Å². The van der Waals surface area contributed by atoms with Gasteiger partial charge in [0.2, 0.25) is 5.96 Å². The van der Waals surface area contributed by atoms with Crippen LogP contribution in [0.5, 0.6) is 0 Å². The average molecular weight is 174 g/mol. The first kappa shape index (κ1) is 10.5. The Bertz CT molecular complexity index is 167. The molecule has 0 rings (SSSR count). The van der Waals surface area contributed by atoms with Crippen LogP contribution < -0.4 is 27.6 Å². The van der Waals surface area contributed by atoms with E-state index in [0.717, 1.165) is 0 Å². The number of aliphatic imine (C=N–C) groups is 1. The molecule has 0 bridgehead atoms. The molecule has 0 spiro atoms. The molecule has 0 fully saturated rings. The zero-order valence-electron chi connectivity index (χ0n) is 6.92. The second kappa shape index (κ2) is 6.23. The third kappa shape index (κ3) is 5.30. The zero-order chi connectivity index (χ0) is 9.40. The molecule has 12 heavy (non-hydrogen) atoms. The van der Waals surface area contributed by atoms with E-state index < -0.39 is 6.03 Å². The lowest BCUT2D eigenvalue weighted by Crippen LogP contribution is -2.44. The summed E-state index contributed by atoms with van der Waals surface area (Å²) in [6.07, 6.45) is 0. The summed E-state index contributed by atoms with van der Waals surface area (Å²) in [5, 5.41) is 5.22. The lowest BCUT2D eigenvalue weighted by molar-refractivity contribution is 0.249. The van der Waals surface area contributed by atoms with E-state index in [9.17, 15) is 4.79 Å². The molecule has 0 heterocycles. The van der Waals surface area contributed by atoms with Crippen LogP contribution in [0.2, 0.25) is 0 Å². The van der Waals surface area contributed by atoms with Gasteiger partial charge in [-0.15, -0.1) is 0 Å². The van der Waals surface area contributed by atoms with Crippen LogP contribution in [0, 0.1) is 0 Å². The Balaban J connectivity index is 3.36. The number of rotatable bonds is 3. The minimum Gasteiger partial charge on any atom is -0.354 e. The highest BCUT2D eigenvalue weighted by molar-refractivity contribution is 5.79. The molecular formula is C5H14N6O. The number of hydrogen-bond donors (Lipinski definition) is 5. The van der Waals surface area contributed by atoms with Crippen LogP contribution in [0.4, 0.5) is 4.79 Å². The Labute approximate surface area is 70.6 Å². The van der Waals surface area contributed by atoms with Gasteiger partial charge in [0.05, 0.1) is 0 Å². The molecule has 7 nitrogen and oxygen atoms in total. The van der Waals surface area contributed by atoms with Crippen LogP contribution in [-0.4, -0.2) is 32.1 Å². The number of amides is 2. The second-order valence-corrected chi connectivity index (χ2v) is 1.93. The number of nitrogens with one attached hydrogen (secondary N) is 3. The number of carbonyl (C=O) groups excluding carboxylic acids is 1. The Morgan fingerprint density at radius 2 is 2.00 bits per heavy atom. The van der Waals surface area contributed by atoms with Gasteiger partial charge in [-0.1, -0.05) is 0 Å². The number of hydrogen-bond acceptors (Lipinski definition) is 3. The van der Waals surface area contributed by atoms with Crippen LogP contribution >= 0.6 is 0 Å². The standard InChI is InChI=1S/C5H14N6O/c1-8-5(11-7)10-3-2-9-4(6)12/h2-3,7H2,1H3,(H3,6,9,12)(H2,8,10,11). The van der Waals surface area contributed by atoms with Gasteiger partial charge in [0.1, 0.15) is 0 Å². The number of primary amides is 1. The quantitative estimate of drug-likeness (QED) is 0.109. The molecular weight excluding hydrogens is 160 g/mol. The highest BCUT2D eigenvalue weighted by atomic mass is 16.2. The summed E-state index contributed by atoms with van der Waals surface area (Å²) in [6.45, 7) is 0.940. The maximum absolute atomic E-state index is 10.2. The van der Waals surface area contributed by atoms with Crippen molar-refractivity contribution in [1.29, 1.82) is 0 Å². The van der Waals surface area contributed by atoms with Gasteiger partial charge in [-0.25, -0.2) is 10.6 Å². The zero-order valence-corrected chi connectivity index (χ0v) is 6.92. The van der Waals surface area contributed by atoms with E-state index in [-0.39, 0.29) is 0 Å². The minimum absolute atomic E-state index is 0.427. The summed E-state index contributed by atoms with van der Waals surface area (Å²) in [5.74, 6) is 5.53. The third-order valence-electron chi connectivity index (χ3n) is 1.08. The number of hydrazine groups is 1. The highest BCUT2D eigenvalue weighted by Crippen LogP contribution is 1.62. The third-order valence-corrected chi connectivity index (χ3v) is 1.08. The molecule has 0 aromatic rings. The first-order valence-corrected chi connectivity index (χ1v) is 3.41. The van der Waals surface area contributed by atoms with Gasteiger partial charge in [-0.05, 0) is 0 Å². The molecule has 7 heteroatoms. The first-order chi connectivity index (χ1) is 5.70. The molecule has 0 saturated carbocycles. The van der Waals surface area contributed by atoms with Gasteiger partial charge in [-0.2, -0.15) is 0 Å². The van der Waals surface area contributed by atoms with Crippen LogP contribution in [0.15, 0.2) is 4.99 Å². The van der Waals surface area contributed by atoms with Gasteiger partial charge in [0.15, 0.2) is 0 Å².